The number of hydrogen-bond donors (Lipinski definition) is 1. The second-order valence-corrected chi connectivity index (χ2v) is 8.64. The van der Waals surface area contributed by atoms with Crippen molar-refractivity contribution < 1.29 is 9.59 Å². The minimum absolute atomic E-state index is 0.0235. The molecule has 3 fully saturated rings. The molecule has 1 aromatic rings. The van der Waals surface area contributed by atoms with Gasteiger partial charge in [-0.25, -0.2) is 0 Å². The molecule has 1 atom stereocenters. The van der Waals surface area contributed by atoms with Crippen LogP contribution in [0, 0.1) is 5.41 Å². The number of hydrogen-bond acceptors (Lipinski definition) is 3. The van der Waals surface area contributed by atoms with Crippen LogP contribution >= 0.6 is 0 Å². The van der Waals surface area contributed by atoms with Crippen molar-refractivity contribution in [1.29, 1.82) is 0 Å². The van der Waals surface area contributed by atoms with Crippen molar-refractivity contribution in [2.24, 2.45) is 5.41 Å². The summed E-state index contributed by atoms with van der Waals surface area (Å²) in [6.07, 6.45) is 5.34. The van der Waals surface area contributed by atoms with Crippen LogP contribution in [0.15, 0.2) is 30.3 Å². The van der Waals surface area contributed by atoms with E-state index in [0.717, 1.165) is 63.8 Å². The second kappa shape index (κ2) is 7.63. The molecule has 1 saturated carbocycles. The summed E-state index contributed by atoms with van der Waals surface area (Å²) < 4.78 is 0. The van der Waals surface area contributed by atoms with Gasteiger partial charge in [-0.1, -0.05) is 30.3 Å². The molecule has 4 rings (SSSR count). The normalized spacial score (nSPS) is 25.6. The fraction of sp³-hybridized carbons (Fsp3) is 0.636. The number of nitrogens with zero attached hydrogens (tertiary/aromatic N) is 2. The highest BCUT2D eigenvalue weighted by Crippen LogP contribution is 2.45. The lowest BCUT2D eigenvalue weighted by atomic mass is 9.67. The topological polar surface area (TPSA) is 52.6 Å². The van der Waals surface area contributed by atoms with Gasteiger partial charge in [-0.15, -0.1) is 0 Å². The van der Waals surface area contributed by atoms with Gasteiger partial charge >= 0.3 is 0 Å². The quantitative estimate of drug-likeness (QED) is 0.867. The molecule has 0 aromatic heterocycles. The van der Waals surface area contributed by atoms with Crippen LogP contribution in [0.1, 0.15) is 50.5 Å². The molecule has 2 aliphatic heterocycles. The number of carbonyl (C=O) groups excluding carboxylic acids is 2. The Kier molecular flexibility index (Phi) is 5.22. The molecule has 1 spiro atoms. The van der Waals surface area contributed by atoms with E-state index in [1.165, 1.54) is 0 Å². The number of benzene rings is 1. The van der Waals surface area contributed by atoms with E-state index in [0.29, 0.717) is 12.6 Å². The summed E-state index contributed by atoms with van der Waals surface area (Å²) in [6, 6.07) is 10.7. The molecule has 0 bridgehead atoms. The van der Waals surface area contributed by atoms with Gasteiger partial charge in [0.2, 0.25) is 11.8 Å². The van der Waals surface area contributed by atoms with Gasteiger partial charge in [0, 0.05) is 19.1 Å². The number of rotatable bonds is 5. The average molecular weight is 370 g/mol. The Hall–Kier alpha value is -1.88. The lowest BCUT2D eigenvalue weighted by molar-refractivity contribution is -0.141. The van der Waals surface area contributed by atoms with Gasteiger partial charge in [0.05, 0.1) is 12.5 Å². The van der Waals surface area contributed by atoms with E-state index in [1.54, 1.807) is 0 Å². The maximum atomic E-state index is 13.0. The molecule has 2 heterocycles. The zero-order valence-corrected chi connectivity index (χ0v) is 16.3. The van der Waals surface area contributed by atoms with Gasteiger partial charge in [-0.05, 0) is 63.1 Å². The minimum atomic E-state index is -0.0235. The summed E-state index contributed by atoms with van der Waals surface area (Å²) in [5.41, 5.74) is 1.33. The maximum Gasteiger partial charge on any atom is 0.234 e. The molecular formula is C22H31N3O2. The third kappa shape index (κ3) is 4.18. The zero-order valence-electron chi connectivity index (χ0n) is 16.3. The fourth-order valence-electron chi connectivity index (χ4n) is 4.75. The van der Waals surface area contributed by atoms with Crippen LogP contribution in [0.2, 0.25) is 0 Å². The Morgan fingerprint density at radius 2 is 1.89 bits per heavy atom. The van der Waals surface area contributed by atoms with Crippen LogP contribution in [0.5, 0.6) is 0 Å². The van der Waals surface area contributed by atoms with Crippen molar-refractivity contribution >= 4 is 11.8 Å². The lowest BCUT2D eigenvalue weighted by Crippen LogP contribution is -2.54. The van der Waals surface area contributed by atoms with Crippen molar-refractivity contribution in [2.75, 3.05) is 32.7 Å². The third-order valence-electron chi connectivity index (χ3n) is 6.58. The van der Waals surface area contributed by atoms with E-state index in [1.807, 2.05) is 18.2 Å². The summed E-state index contributed by atoms with van der Waals surface area (Å²) in [5, 5.41) is 3.09. The smallest absolute Gasteiger partial charge is 0.234 e. The highest BCUT2D eigenvalue weighted by Gasteiger charge is 2.45. The predicted octanol–water partition coefficient (Wildman–Crippen LogP) is 2.38. The number of likely N-dealkylation sites (tertiary alicyclic amines) is 2. The standard InChI is InChI=1S/C22H31N3O2/c1-2-25-16-22(14-19(21(25)27)17-6-4-3-5-7-17)10-12-24(13-11-22)15-20(26)23-18-8-9-18/h3-7,18-19H,2,8-16H2,1H3,(H,23,26). The first-order valence-corrected chi connectivity index (χ1v) is 10.4. The van der Waals surface area contributed by atoms with Crippen LogP contribution in [-0.2, 0) is 9.59 Å². The van der Waals surface area contributed by atoms with E-state index in [4.69, 9.17) is 0 Å². The summed E-state index contributed by atoms with van der Waals surface area (Å²) in [6.45, 7) is 6.14. The van der Waals surface area contributed by atoms with Gasteiger partial charge < -0.3 is 10.2 Å². The van der Waals surface area contributed by atoms with E-state index in [-0.39, 0.29) is 23.1 Å². The molecule has 2 amide bonds. The van der Waals surface area contributed by atoms with Crippen LogP contribution in [0.4, 0.5) is 0 Å². The van der Waals surface area contributed by atoms with Crippen molar-refractivity contribution in [3.63, 3.8) is 0 Å². The molecule has 5 heteroatoms. The Labute approximate surface area is 162 Å². The molecule has 1 N–H and O–H groups in total. The monoisotopic (exact) mass is 369 g/mol. The third-order valence-corrected chi connectivity index (χ3v) is 6.58. The van der Waals surface area contributed by atoms with Gasteiger partial charge in [0.15, 0.2) is 0 Å². The highest BCUT2D eigenvalue weighted by molar-refractivity contribution is 5.84. The first-order valence-electron chi connectivity index (χ1n) is 10.4. The highest BCUT2D eigenvalue weighted by atomic mass is 16.2. The average Bonchev–Trinajstić information content (AvgIpc) is 3.50. The SMILES string of the molecule is CCN1CC2(CCN(CC(=O)NC3CC3)CC2)CC(c2ccccc2)C1=O. The van der Waals surface area contributed by atoms with Crippen LogP contribution in [-0.4, -0.2) is 60.4 Å². The van der Waals surface area contributed by atoms with E-state index in [9.17, 15) is 9.59 Å². The predicted molar refractivity (Wildman–Crippen MR) is 105 cm³/mol. The molecule has 1 aliphatic carbocycles. The number of likely N-dealkylation sites (N-methyl/N-ethyl adjacent to an activating group) is 1. The summed E-state index contributed by atoms with van der Waals surface area (Å²) >= 11 is 0. The van der Waals surface area contributed by atoms with Gasteiger partial charge in [0.25, 0.3) is 0 Å². The summed E-state index contributed by atoms with van der Waals surface area (Å²) in [4.78, 5) is 29.4. The Balaban J connectivity index is 1.41. The Bertz CT molecular complexity index is 678. The molecule has 0 radical (unpaired) electrons. The number of amides is 2. The molecule has 1 unspecified atom stereocenters. The molecule has 3 aliphatic rings. The Morgan fingerprint density at radius 3 is 2.52 bits per heavy atom. The molecule has 5 nitrogen and oxygen atoms in total. The van der Waals surface area contributed by atoms with E-state index < -0.39 is 0 Å². The summed E-state index contributed by atoms with van der Waals surface area (Å²) in [7, 11) is 0. The fourth-order valence-corrected chi connectivity index (χ4v) is 4.75. The van der Waals surface area contributed by atoms with Crippen LogP contribution in [0.3, 0.4) is 0 Å². The first kappa shape index (κ1) is 18.5. The van der Waals surface area contributed by atoms with Crippen LogP contribution in [0.25, 0.3) is 0 Å². The molecule has 146 valence electrons. The van der Waals surface area contributed by atoms with Crippen molar-refractivity contribution in [3.05, 3.63) is 35.9 Å². The lowest BCUT2D eigenvalue weighted by Gasteiger charge is -2.49. The zero-order chi connectivity index (χ0) is 18.9. The number of carbonyl (C=O) groups is 2. The van der Waals surface area contributed by atoms with E-state index in [2.05, 4.69) is 34.2 Å². The number of piperidine rings is 2. The van der Waals surface area contributed by atoms with Gasteiger partial charge in [0.1, 0.15) is 0 Å². The van der Waals surface area contributed by atoms with Crippen molar-refractivity contribution in [3.8, 4) is 0 Å². The van der Waals surface area contributed by atoms with Gasteiger partial charge in [-0.2, -0.15) is 0 Å². The second-order valence-electron chi connectivity index (χ2n) is 8.64. The molecular weight excluding hydrogens is 338 g/mol. The largest absolute Gasteiger partial charge is 0.352 e. The molecule has 2 saturated heterocycles. The Morgan fingerprint density at radius 1 is 1.19 bits per heavy atom. The summed E-state index contributed by atoms with van der Waals surface area (Å²) in [5.74, 6) is 0.426. The van der Waals surface area contributed by atoms with E-state index >= 15 is 0 Å². The van der Waals surface area contributed by atoms with Crippen molar-refractivity contribution in [1.82, 2.24) is 15.1 Å². The van der Waals surface area contributed by atoms with Gasteiger partial charge in [-0.3, -0.25) is 14.5 Å². The molecule has 27 heavy (non-hydrogen) atoms. The van der Waals surface area contributed by atoms with Crippen LogP contribution < -0.4 is 5.32 Å². The maximum absolute atomic E-state index is 13.0. The number of nitrogens with one attached hydrogen (secondary N) is 1. The minimum Gasteiger partial charge on any atom is -0.352 e. The molecule has 1 aromatic carbocycles. The first-order chi connectivity index (χ1) is 13.1. The van der Waals surface area contributed by atoms with Crippen molar-refractivity contribution in [2.45, 2.75) is 51.0 Å².